The van der Waals surface area contributed by atoms with Gasteiger partial charge in [-0.15, -0.1) is 0 Å². The van der Waals surface area contributed by atoms with Crippen LogP contribution in [0.5, 0.6) is 0 Å². The van der Waals surface area contributed by atoms with Crippen molar-refractivity contribution in [1.82, 2.24) is 9.97 Å². The topological polar surface area (TPSA) is 75.1 Å². The molecule has 2 N–H and O–H groups in total. The molecule has 3 rings (SSSR count). The summed E-state index contributed by atoms with van der Waals surface area (Å²) >= 11 is 0. The summed E-state index contributed by atoms with van der Waals surface area (Å²) in [5.74, 6) is -0.583. The van der Waals surface area contributed by atoms with Gasteiger partial charge >= 0.3 is 5.97 Å². The molecule has 0 amide bonds. The predicted molar refractivity (Wildman–Crippen MR) is 76.2 cm³/mol. The standard InChI is InChI=1S/C15H11N3O2/c19-15(20)13-8-17-14(9-16-13)18-12-7-3-5-10-4-1-2-6-11(10)12/h1-9H,(H,17,18)(H,19,20). The van der Waals surface area contributed by atoms with Crippen molar-refractivity contribution >= 4 is 28.2 Å². The number of hydrogen-bond acceptors (Lipinski definition) is 4. The molecule has 1 heterocycles. The van der Waals surface area contributed by atoms with E-state index in [9.17, 15) is 4.79 Å². The summed E-state index contributed by atoms with van der Waals surface area (Å²) in [4.78, 5) is 18.6. The molecule has 5 heteroatoms. The van der Waals surface area contributed by atoms with Crippen LogP contribution < -0.4 is 5.32 Å². The molecule has 20 heavy (non-hydrogen) atoms. The van der Waals surface area contributed by atoms with E-state index in [0.717, 1.165) is 16.5 Å². The average Bonchev–Trinajstić information content (AvgIpc) is 2.48. The zero-order valence-corrected chi connectivity index (χ0v) is 10.4. The van der Waals surface area contributed by atoms with Gasteiger partial charge in [-0.05, 0) is 11.5 Å². The first-order valence-corrected chi connectivity index (χ1v) is 6.04. The van der Waals surface area contributed by atoms with E-state index >= 15 is 0 Å². The van der Waals surface area contributed by atoms with Crippen molar-refractivity contribution < 1.29 is 9.90 Å². The Bertz CT molecular complexity index is 764. The Balaban J connectivity index is 1.95. The Morgan fingerprint density at radius 1 is 1.00 bits per heavy atom. The zero-order valence-electron chi connectivity index (χ0n) is 10.4. The smallest absolute Gasteiger partial charge is 0.356 e. The summed E-state index contributed by atoms with van der Waals surface area (Å²) in [6.07, 6.45) is 2.64. The maximum Gasteiger partial charge on any atom is 0.356 e. The minimum atomic E-state index is -1.09. The van der Waals surface area contributed by atoms with Crippen molar-refractivity contribution in [3.8, 4) is 0 Å². The molecule has 98 valence electrons. The van der Waals surface area contributed by atoms with Crippen LogP contribution >= 0.6 is 0 Å². The zero-order chi connectivity index (χ0) is 13.9. The third kappa shape index (κ3) is 2.29. The lowest BCUT2D eigenvalue weighted by atomic mass is 10.1. The van der Waals surface area contributed by atoms with E-state index in [1.807, 2.05) is 42.5 Å². The fraction of sp³-hybridized carbons (Fsp3) is 0. The van der Waals surface area contributed by atoms with Gasteiger partial charge in [-0.1, -0.05) is 36.4 Å². The minimum Gasteiger partial charge on any atom is -0.476 e. The number of carboxylic acids is 1. The number of anilines is 2. The molecular weight excluding hydrogens is 254 g/mol. The number of benzene rings is 2. The van der Waals surface area contributed by atoms with E-state index < -0.39 is 5.97 Å². The Kier molecular flexibility index (Phi) is 3.01. The van der Waals surface area contributed by atoms with Gasteiger partial charge in [0, 0.05) is 11.1 Å². The first-order chi connectivity index (χ1) is 9.74. The number of aromatic carboxylic acids is 1. The number of fused-ring (bicyclic) bond motifs is 1. The number of nitrogens with one attached hydrogen (secondary N) is 1. The van der Waals surface area contributed by atoms with Crippen LogP contribution in [-0.4, -0.2) is 21.0 Å². The number of carbonyl (C=O) groups is 1. The van der Waals surface area contributed by atoms with Crippen LogP contribution in [0.25, 0.3) is 10.8 Å². The Morgan fingerprint density at radius 2 is 1.80 bits per heavy atom. The molecule has 0 aliphatic rings. The highest BCUT2D eigenvalue weighted by molar-refractivity contribution is 5.95. The molecule has 0 unspecified atom stereocenters. The predicted octanol–water partition coefficient (Wildman–Crippen LogP) is 3.07. The maximum atomic E-state index is 10.7. The Morgan fingerprint density at radius 3 is 2.55 bits per heavy atom. The quantitative estimate of drug-likeness (QED) is 0.761. The van der Waals surface area contributed by atoms with Crippen molar-refractivity contribution in [2.45, 2.75) is 0 Å². The molecular formula is C15H11N3O2. The lowest BCUT2D eigenvalue weighted by molar-refractivity contribution is 0.0690. The highest BCUT2D eigenvalue weighted by Gasteiger charge is 2.06. The van der Waals surface area contributed by atoms with E-state index in [1.165, 1.54) is 12.4 Å². The molecule has 5 nitrogen and oxygen atoms in total. The van der Waals surface area contributed by atoms with E-state index in [0.29, 0.717) is 5.82 Å². The molecule has 0 radical (unpaired) electrons. The first kappa shape index (κ1) is 12.1. The summed E-state index contributed by atoms with van der Waals surface area (Å²) in [5, 5.41) is 14.1. The highest BCUT2D eigenvalue weighted by Crippen LogP contribution is 2.25. The van der Waals surface area contributed by atoms with Crippen molar-refractivity contribution in [3.63, 3.8) is 0 Å². The van der Waals surface area contributed by atoms with Crippen LogP contribution in [0.2, 0.25) is 0 Å². The van der Waals surface area contributed by atoms with Crippen LogP contribution in [-0.2, 0) is 0 Å². The van der Waals surface area contributed by atoms with Gasteiger partial charge in [0.1, 0.15) is 5.82 Å². The molecule has 0 spiro atoms. The van der Waals surface area contributed by atoms with Gasteiger partial charge in [-0.25, -0.2) is 14.8 Å². The monoisotopic (exact) mass is 265 g/mol. The maximum absolute atomic E-state index is 10.7. The van der Waals surface area contributed by atoms with Gasteiger partial charge in [0.15, 0.2) is 5.69 Å². The van der Waals surface area contributed by atoms with Gasteiger partial charge in [0.05, 0.1) is 12.4 Å². The van der Waals surface area contributed by atoms with Crippen LogP contribution in [0.3, 0.4) is 0 Å². The number of hydrogen-bond donors (Lipinski definition) is 2. The Labute approximate surface area is 114 Å². The SMILES string of the molecule is O=C(O)c1cnc(Nc2cccc3ccccc23)cn1. The van der Waals surface area contributed by atoms with E-state index in [4.69, 9.17) is 5.11 Å². The normalized spacial score (nSPS) is 10.4. The van der Waals surface area contributed by atoms with Gasteiger partial charge in [-0.3, -0.25) is 0 Å². The van der Waals surface area contributed by atoms with Crippen LogP contribution in [0.4, 0.5) is 11.5 Å². The number of nitrogens with zero attached hydrogens (tertiary/aromatic N) is 2. The molecule has 0 atom stereocenters. The molecule has 0 aliphatic carbocycles. The van der Waals surface area contributed by atoms with E-state index in [1.54, 1.807) is 0 Å². The average molecular weight is 265 g/mol. The van der Waals surface area contributed by atoms with Gasteiger partial charge in [0.2, 0.25) is 0 Å². The second kappa shape index (κ2) is 4.97. The van der Waals surface area contributed by atoms with E-state index in [-0.39, 0.29) is 5.69 Å². The molecule has 3 aromatic rings. The van der Waals surface area contributed by atoms with Gasteiger partial charge in [0.25, 0.3) is 0 Å². The number of rotatable bonds is 3. The van der Waals surface area contributed by atoms with Crippen molar-refractivity contribution in [3.05, 3.63) is 60.6 Å². The summed E-state index contributed by atoms with van der Waals surface area (Å²) < 4.78 is 0. The van der Waals surface area contributed by atoms with Gasteiger partial charge in [-0.2, -0.15) is 0 Å². The summed E-state index contributed by atoms with van der Waals surface area (Å²) in [5.41, 5.74) is 0.828. The minimum absolute atomic E-state index is 0.0755. The molecule has 0 saturated carbocycles. The molecule has 1 aromatic heterocycles. The summed E-state index contributed by atoms with van der Waals surface area (Å²) in [6, 6.07) is 13.9. The van der Waals surface area contributed by atoms with Crippen molar-refractivity contribution in [1.29, 1.82) is 0 Å². The largest absolute Gasteiger partial charge is 0.476 e. The fourth-order valence-electron chi connectivity index (χ4n) is 1.98. The number of aromatic nitrogens is 2. The van der Waals surface area contributed by atoms with E-state index in [2.05, 4.69) is 15.3 Å². The van der Waals surface area contributed by atoms with Crippen molar-refractivity contribution in [2.24, 2.45) is 0 Å². The fourth-order valence-corrected chi connectivity index (χ4v) is 1.98. The first-order valence-electron chi connectivity index (χ1n) is 6.04. The molecule has 0 fully saturated rings. The molecule has 0 bridgehead atoms. The number of carboxylic acid groups (broad SMARTS) is 1. The lowest BCUT2D eigenvalue weighted by Gasteiger charge is -2.08. The third-order valence-corrected chi connectivity index (χ3v) is 2.92. The summed E-state index contributed by atoms with van der Waals surface area (Å²) in [6.45, 7) is 0. The second-order valence-corrected chi connectivity index (χ2v) is 4.24. The third-order valence-electron chi connectivity index (χ3n) is 2.92. The van der Waals surface area contributed by atoms with Gasteiger partial charge < -0.3 is 10.4 Å². The molecule has 0 aliphatic heterocycles. The van der Waals surface area contributed by atoms with Crippen LogP contribution in [0.15, 0.2) is 54.9 Å². The highest BCUT2D eigenvalue weighted by atomic mass is 16.4. The van der Waals surface area contributed by atoms with Crippen molar-refractivity contribution in [2.75, 3.05) is 5.32 Å². The molecule has 2 aromatic carbocycles. The van der Waals surface area contributed by atoms with Crippen LogP contribution in [0.1, 0.15) is 10.5 Å². The van der Waals surface area contributed by atoms with Crippen LogP contribution in [0, 0.1) is 0 Å². The molecule has 0 saturated heterocycles. The summed E-state index contributed by atoms with van der Waals surface area (Å²) in [7, 11) is 0. The Hall–Kier alpha value is -2.95. The lowest BCUT2D eigenvalue weighted by Crippen LogP contribution is -2.02. The second-order valence-electron chi connectivity index (χ2n) is 4.24.